The second-order valence-electron chi connectivity index (χ2n) is 4.18. The number of ether oxygens (including phenoxy) is 2. The second kappa shape index (κ2) is 5.94. The van der Waals surface area contributed by atoms with E-state index >= 15 is 0 Å². The number of rotatable bonds is 4. The summed E-state index contributed by atoms with van der Waals surface area (Å²) in [6.45, 7) is 3.81. The number of halogens is 1. The van der Waals surface area contributed by atoms with Crippen LogP contribution in [0.25, 0.3) is 0 Å². The van der Waals surface area contributed by atoms with E-state index in [1.807, 2.05) is 26.0 Å². The number of nitrogens with two attached hydrogens (primary N) is 1. The summed E-state index contributed by atoms with van der Waals surface area (Å²) in [6.07, 6.45) is 1.34. The Bertz CT molecular complexity index is 611. The van der Waals surface area contributed by atoms with Gasteiger partial charge >= 0.3 is 0 Å². The topological polar surface area (TPSA) is 82.3 Å². The lowest BCUT2D eigenvalue weighted by molar-refractivity contribution is 0.367. The van der Waals surface area contributed by atoms with Crippen molar-refractivity contribution in [3.8, 4) is 17.4 Å². The predicted octanol–water partition coefficient (Wildman–Crippen LogP) is 2.83. The van der Waals surface area contributed by atoms with E-state index in [4.69, 9.17) is 26.9 Å². The average molecular weight is 295 g/mol. The van der Waals surface area contributed by atoms with Crippen molar-refractivity contribution in [1.29, 1.82) is 0 Å². The van der Waals surface area contributed by atoms with Crippen LogP contribution in [0.1, 0.15) is 11.1 Å². The number of hydrogen-bond donors (Lipinski definition) is 2. The molecule has 7 heteroatoms. The largest absolute Gasteiger partial charge is 0.489 e. The minimum Gasteiger partial charge on any atom is -0.489 e. The third kappa shape index (κ3) is 2.76. The van der Waals surface area contributed by atoms with E-state index in [1.54, 1.807) is 0 Å². The van der Waals surface area contributed by atoms with E-state index in [1.165, 1.54) is 13.4 Å². The molecule has 2 rings (SSSR count). The van der Waals surface area contributed by atoms with Crippen LogP contribution in [-0.4, -0.2) is 17.1 Å². The number of aromatic nitrogens is 2. The summed E-state index contributed by atoms with van der Waals surface area (Å²) in [5.74, 6) is 7.02. The van der Waals surface area contributed by atoms with Crippen LogP contribution in [0.2, 0.25) is 5.02 Å². The van der Waals surface area contributed by atoms with Gasteiger partial charge in [-0.05, 0) is 37.1 Å². The Morgan fingerprint density at radius 2 is 1.80 bits per heavy atom. The van der Waals surface area contributed by atoms with Gasteiger partial charge in [0.05, 0.1) is 7.11 Å². The standard InChI is InChI=1S/C13H15ClN4O2/c1-7-4-9(14)5-8(2)10(7)20-13-11(19-3)12(18-15)16-6-17-13/h4-6H,15H2,1-3H3,(H,16,17,18). The number of nitrogens with one attached hydrogen (secondary N) is 1. The first-order valence-corrected chi connectivity index (χ1v) is 6.24. The Morgan fingerprint density at radius 3 is 2.35 bits per heavy atom. The van der Waals surface area contributed by atoms with Gasteiger partial charge < -0.3 is 14.9 Å². The fraction of sp³-hybridized carbons (Fsp3) is 0.231. The lowest BCUT2D eigenvalue weighted by Crippen LogP contribution is -2.11. The Morgan fingerprint density at radius 1 is 1.15 bits per heavy atom. The molecule has 0 spiro atoms. The zero-order valence-corrected chi connectivity index (χ0v) is 12.2. The molecule has 20 heavy (non-hydrogen) atoms. The van der Waals surface area contributed by atoms with Gasteiger partial charge in [-0.1, -0.05) is 11.6 Å². The van der Waals surface area contributed by atoms with Gasteiger partial charge in [0.15, 0.2) is 5.82 Å². The van der Waals surface area contributed by atoms with Crippen LogP contribution >= 0.6 is 11.6 Å². The zero-order valence-electron chi connectivity index (χ0n) is 11.4. The van der Waals surface area contributed by atoms with Gasteiger partial charge in [-0.3, -0.25) is 0 Å². The average Bonchev–Trinajstić information content (AvgIpc) is 2.42. The number of benzene rings is 1. The van der Waals surface area contributed by atoms with Crippen molar-refractivity contribution in [3.63, 3.8) is 0 Å². The maximum absolute atomic E-state index is 6.00. The minimum atomic E-state index is 0.281. The summed E-state index contributed by atoms with van der Waals surface area (Å²) < 4.78 is 11.1. The molecule has 0 atom stereocenters. The van der Waals surface area contributed by atoms with Crippen molar-refractivity contribution < 1.29 is 9.47 Å². The van der Waals surface area contributed by atoms with Crippen molar-refractivity contribution in [2.75, 3.05) is 12.5 Å². The third-order valence-corrected chi connectivity index (χ3v) is 2.95. The van der Waals surface area contributed by atoms with Gasteiger partial charge in [0.25, 0.3) is 5.88 Å². The summed E-state index contributed by atoms with van der Waals surface area (Å²) in [6, 6.07) is 3.64. The normalized spacial score (nSPS) is 10.2. The van der Waals surface area contributed by atoms with E-state index in [-0.39, 0.29) is 5.88 Å². The third-order valence-electron chi connectivity index (χ3n) is 2.74. The van der Waals surface area contributed by atoms with Crippen LogP contribution in [0.5, 0.6) is 17.4 Å². The molecule has 0 fully saturated rings. The highest BCUT2D eigenvalue weighted by molar-refractivity contribution is 6.30. The Hall–Kier alpha value is -2.05. The van der Waals surface area contributed by atoms with Crippen LogP contribution in [0.3, 0.4) is 0 Å². The van der Waals surface area contributed by atoms with Crippen molar-refractivity contribution in [2.24, 2.45) is 5.84 Å². The molecule has 0 saturated carbocycles. The Kier molecular flexibility index (Phi) is 4.26. The highest BCUT2D eigenvalue weighted by Gasteiger charge is 2.16. The number of anilines is 1. The summed E-state index contributed by atoms with van der Waals surface area (Å²) in [7, 11) is 1.49. The van der Waals surface area contributed by atoms with Gasteiger partial charge in [0, 0.05) is 5.02 Å². The highest BCUT2D eigenvalue weighted by atomic mass is 35.5. The first kappa shape index (κ1) is 14.4. The van der Waals surface area contributed by atoms with Crippen LogP contribution < -0.4 is 20.7 Å². The van der Waals surface area contributed by atoms with Crippen LogP contribution in [0.4, 0.5) is 5.82 Å². The smallest absolute Gasteiger partial charge is 0.268 e. The molecule has 0 radical (unpaired) electrons. The number of aryl methyl sites for hydroxylation is 2. The minimum absolute atomic E-state index is 0.281. The summed E-state index contributed by atoms with van der Waals surface area (Å²) in [4.78, 5) is 8.03. The van der Waals surface area contributed by atoms with E-state index in [2.05, 4.69) is 15.4 Å². The first-order valence-electron chi connectivity index (χ1n) is 5.87. The molecular weight excluding hydrogens is 280 g/mol. The molecular formula is C13H15ClN4O2. The zero-order chi connectivity index (χ0) is 14.7. The molecule has 1 aromatic carbocycles. The molecule has 2 aromatic rings. The fourth-order valence-electron chi connectivity index (χ4n) is 1.87. The van der Waals surface area contributed by atoms with E-state index in [0.29, 0.717) is 22.3 Å². The summed E-state index contributed by atoms with van der Waals surface area (Å²) in [5.41, 5.74) is 4.24. The molecule has 0 aliphatic rings. The van der Waals surface area contributed by atoms with Gasteiger partial charge in [0.1, 0.15) is 12.1 Å². The molecule has 0 bridgehead atoms. The van der Waals surface area contributed by atoms with Crippen molar-refractivity contribution in [1.82, 2.24) is 9.97 Å². The summed E-state index contributed by atoms with van der Waals surface area (Å²) >= 11 is 6.00. The van der Waals surface area contributed by atoms with Gasteiger partial charge in [0.2, 0.25) is 5.75 Å². The van der Waals surface area contributed by atoms with Crippen LogP contribution in [-0.2, 0) is 0 Å². The quantitative estimate of drug-likeness (QED) is 0.666. The van der Waals surface area contributed by atoms with E-state index in [9.17, 15) is 0 Å². The lowest BCUT2D eigenvalue weighted by atomic mass is 10.1. The molecule has 3 N–H and O–H groups in total. The molecule has 0 aliphatic carbocycles. The number of nitrogen functional groups attached to an aromatic ring is 1. The van der Waals surface area contributed by atoms with Gasteiger partial charge in [-0.2, -0.15) is 4.98 Å². The van der Waals surface area contributed by atoms with E-state index in [0.717, 1.165) is 11.1 Å². The van der Waals surface area contributed by atoms with Crippen molar-refractivity contribution in [2.45, 2.75) is 13.8 Å². The maximum atomic E-state index is 6.00. The van der Waals surface area contributed by atoms with Gasteiger partial charge in [-0.25, -0.2) is 10.8 Å². The van der Waals surface area contributed by atoms with Crippen molar-refractivity contribution in [3.05, 3.63) is 34.6 Å². The molecule has 106 valence electrons. The van der Waals surface area contributed by atoms with Crippen LogP contribution in [0.15, 0.2) is 18.5 Å². The molecule has 1 heterocycles. The second-order valence-corrected chi connectivity index (χ2v) is 4.61. The number of hydrazine groups is 1. The molecule has 0 amide bonds. The highest BCUT2D eigenvalue weighted by Crippen LogP contribution is 2.37. The number of methoxy groups -OCH3 is 1. The predicted molar refractivity (Wildman–Crippen MR) is 77.4 cm³/mol. The Labute approximate surface area is 121 Å². The maximum Gasteiger partial charge on any atom is 0.268 e. The van der Waals surface area contributed by atoms with Crippen molar-refractivity contribution >= 4 is 17.4 Å². The van der Waals surface area contributed by atoms with E-state index < -0.39 is 0 Å². The number of hydrogen-bond acceptors (Lipinski definition) is 6. The Balaban J connectivity index is 2.45. The SMILES string of the molecule is COc1c(NN)ncnc1Oc1c(C)cc(Cl)cc1C. The van der Waals surface area contributed by atoms with Crippen LogP contribution in [0, 0.1) is 13.8 Å². The molecule has 1 aromatic heterocycles. The molecule has 0 unspecified atom stereocenters. The monoisotopic (exact) mass is 294 g/mol. The summed E-state index contributed by atoms with van der Waals surface area (Å²) in [5, 5.41) is 0.659. The fourth-order valence-corrected chi connectivity index (χ4v) is 2.20. The molecule has 0 saturated heterocycles. The molecule has 6 nitrogen and oxygen atoms in total. The number of nitrogens with zero attached hydrogens (tertiary/aromatic N) is 2. The van der Waals surface area contributed by atoms with Gasteiger partial charge in [-0.15, -0.1) is 0 Å². The first-order chi connectivity index (χ1) is 9.56. The lowest BCUT2D eigenvalue weighted by Gasteiger charge is -2.14. The molecule has 0 aliphatic heterocycles.